The van der Waals surface area contributed by atoms with E-state index in [1.807, 2.05) is 18.7 Å². The highest BCUT2D eigenvalue weighted by Gasteiger charge is 2.39. The molecule has 1 aromatic heterocycles. The first-order chi connectivity index (χ1) is 20.3. The lowest BCUT2D eigenvalue weighted by atomic mass is 9.70. The van der Waals surface area contributed by atoms with Crippen LogP contribution in [0.15, 0.2) is 43.0 Å². The minimum absolute atomic E-state index is 0.0204. The molecule has 0 spiro atoms. The molecule has 5 rings (SSSR count). The highest BCUT2D eigenvalue weighted by Crippen LogP contribution is 2.53. The summed E-state index contributed by atoms with van der Waals surface area (Å²) in [7, 11) is 0. The van der Waals surface area contributed by atoms with E-state index in [1.165, 1.54) is 33.4 Å². The van der Waals surface area contributed by atoms with Crippen molar-refractivity contribution in [3.05, 3.63) is 76.4 Å². The van der Waals surface area contributed by atoms with E-state index in [0.29, 0.717) is 0 Å². The maximum atomic E-state index is 7.14. The summed E-state index contributed by atoms with van der Waals surface area (Å²) in [6, 6.07) is 9.60. The van der Waals surface area contributed by atoms with Crippen LogP contribution in [0.1, 0.15) is 88.8 Å². The number of benzene rings is 2. The molecule has 0 aliphatic carbocycles. The molecule has 2 aliphatic rings. The summed E-state index contributed by atoms with van der Waals surface area (Å²) in [4.78, 5) is 6.90. The number of nitrogens with one attached hydrogen (secondary N) is 3. The SMILES string of the molecule is CC(C)(C)c1cc(CN2CCNCCNCCNCC2)c2c(c1)C(C)(C)c1cc(C(C)(C)C)cc(Cn3ccnc3)c1O2. The van der Waals surface area contributed by atoms with Crippen molar-refractivity contribution in [2.45, 2.75) is 84.7 Å². The van der Waals surface area contributed by atoms with Gasteiger partial charge in [0.05, 0.1) is 12.9 Å². The fourth-order valence-corrected chi connectivity index (χ4v) is 6.19. The summed E-state index contributed by atoms with van der Waals surface area (Å²) in [5.74, 6) is 2.05. The van der Waals surface area contributed by atoms with Gasteiger partial charge in [0.25, 0.3) is 0 Å². The second kappa shape index (κ2) is 12.7. The Balaban J connectivity index is 1.60. The smallest absolute Gasteiger partial charge is 0.136 e. The Morgan fingerprint density at radius 3 is 1.67 bits per heavy atom. The Hall–Kier alpha value is -2.71. The van der Waals surface area contributed by atoms with E-state index in [4.69, 9.17) is 4.74 Å². The topological polar surface area (TPSA) is 66.4 Å². The van der Waals surface area contributed by atoms with Gasteiger partial charge in [0.1, 0.15) is 11.5 Å². The van der Waals surface area contributed by atoms with E-state index in [2.05, 4.69) is 110 Å². The summed E-state index contributed by atoms with van der Waals surface area (Å²) >= 11 is 0. The fraction of sp³-hybridized carbons (Fsp3) is 0.583. The Morgan fingerprint density at radius 2 is 1.21 bits per heavy atom. The third kappa shape index (κ3) is 7.34. The Kier molecular flexibility index (Phi) is 9.38. The van der Waals surface area contributed by atoms with E-state index in [0.717, 1.165) is 76.9 Å². The third-order valence-electron chi connectivity index (χ3n) is 9.09. The Bertz CT molecular complexity index is 1370. The highest BCUT2D eigenvalue weighted by atomic mass is 16.5. The Labute approximate surface area is 259 Å². The van der Waals surface area contributed by atoms with Crippen molar-refractivity contribution in [2.75, 3.05) is 52.4 Å². The molecule has 234 valence electrons. The summed E-state index contributed by atoms with van der Waals surface area (Å²) in [6.07, 6.45) is 5.78. The zero-order chi connectivity index (χ0) is 30.8. The molecule has 0 saturated carbocycles. The molecule has 2 aromatic carbocycles. The lowest BCUT2D eigenvalue weighted by Crippen LogP contribution is -2.41. The van der Waals surface area contributed by atoms with Gasteiger partial charge in [-0.05, 0) is 28.0 Å². The van der Waals surface area contributed by atoms with Gasteiger partial charge in [0.15, 0.2) is 0 Å². The number of aromatic nitrogens is 2. The lowest BCUT2D eigenvalue weighted by Gasteiger charge is -2.39. The van der Waals surface area contributed by atoms with E-state index in [1.54, 1.807) is 0 Å². The van der Waals surface area contributed by atoms with Gasteiger partial charge >= 0.3 is 0 Å². The molecule has 7 nitrogen and oxygen atoms in total. The van der Waals surface area contributed by atoms with Crippen LogP contribution in [0.2, 0.25) is 0 Å². The molecule has 2 aliphatic heterocycles. The maximum absolute atomic E-state index is 7.14. The minimum atomic E-state index is -0.220. The van der Waals surface area contributed by atoms with Gasteiger partial charge in [-0.1, -0.05) is 73.6 Å². The summed E-state index contributed by atoms with van der Waals surface area (Å²) in [5, 5.41) is 10.7. The third-order valence-corrected chi connectivity index (χ3v) is 9.09. The number of rotatable bonds is 4. The fourth-order valence-electron chi connectivity index (χ4n) is 6.19. The predicted octanol–water partition coefficient (Wildman–Crippen LogP) is 5.54. The minimum Gasteiger partial charge on any atom is -0.456 e. The lowest BCUT2D eigenvalue weighted by molar-refractivity contribution is 0.258. The quantitative estimate of drug-likeness (QED) is 0.373. The zero-order valence-corrected chi connectivity index (χ0v) is 27.9. The van der Waals surface area contributed by atoms with Crippen molar-refractivity contribution in [2.24, 2.45) is 0 Å². The molecule has 43 heavy (non-hydrogen) atoms. The largest absolute Gasteiger partial charge is 0.456 e. The molecule has 0 atom stereocenters. The number of hydrogen-bond acceptors (Lipinski definition) is 6. The molecular formula is C36H54N6O. The number of nitrogens with zero attached hydrogens (tertiary/aromatic N) is 3. The van der Waals surface area contributed by atoms with Crippen molar-refractivity contribution in [3.8, 4) is 11.5 Å². The zero-order valence-electron chi connectivity index (χ0n) is 27.9. The Morgan fingerprint density at radius 1 is 0.721 bits per heavy atom. The van der Waals surface area contributed by atoms with Crippen LogP contribution in [0.3, 0.4) is 0 Å². The van der Waals surface area contributed by atoms with Crippen LogP contribution in [-0.4, -0.2) is 66.8 Å². The van der Waals surface area contributed by atoms with Crippen molar-refractivity contribution in [1.29, 1.82) is 0 Å². The van der Waals surface area contributed by atoms with Crippen LogP contribution in [-0.2, 0) is 29.3 Å². The van der Waals surface area contributed by atoms with Gasteiger partial charge in [0, 0.05) is 99.0 Å². The number of fused-ring (bicyclic) bond motifs is 2. The molecule has 7 heteroatoms. The first-order valence-corrected chi connectivity index (χ1v) is 16.2. The van der Waals surface area contributed by atoms with Crippen LogP contribution >= 0.6 is 0 Å². The molecule has 0 amide bonds. The van der Waals surface area contributed by atoms with E-state index >= 15 is 0 Å². The maximum Gasteiger partial charge on any atom is 0.136 e. The first-order valence-electron chi connectivity index (χ1n) is 16.2. The molecule has 3 N–H and O–H groups in total. The summed E-state index contributed by atoms with van der Waals surface area (Å²) in [6.45, 7) is 28.2. The van der Waals surface area contributed by atoms with Crippen LogP contribution in [0.25, 0.3) is 0 Å². The monoisotopic (exact) mass is 586 g/mol. The van der Waals surface area contributed by atoms with Crippen molar-refractivity contribution in [3.63, 3.8) is 0 Å². The normalized spacial score (nSPS) is 18.6. The number of hydrogen-bond donors (Lipinski definition) is 3. The second-order valence-electron chi connectivity index (χ2n) is 15.0. The van der Waals surface area contributed by atoms with E-state index in [9.17, 15) is 0 Å². The molecule has 1 fully saturated rings. The summed E-state index contributed by atoms with van der Waals surface area (Å²) in [5.41, 5.74) is 7.58. The molecule has 0 radical (unpaired) electrons. The second-order valence-corrected chi connectivity index (χ2v) is 15.0. The molecule has 3 aromatic rings. The average Bonchev–Trinajstić information content (AvgIpc) is 3.43. The van der Waals surface area contributed by atoms with Gasteiger partial charge < -0.3 is 25.3 Å². The molecule has 0 bridgehead atoms. The molecular weight excluding hydrogens is 532 g/mol. The van der Waals surface area contributed by atoms with Crippen LogP contribution in [0.4, 0.5) is 0 Å². The van der Waals surface area contributed by atoms with Gasteiger partial charge in [0.2, 0.25) is 0 Å². The van der Waals surface area contributed by atoms with E-state index in [-0.39, 0.29) is 16.2 Å². The standard InChI is InChI=1S/C36H54N6O/c1-34(2,3)28-19-26(23-41-16-13-38-11-9-37-10-12-39-14-17-41)32-30(21-28)36(7,8)31-22-29(35(4,5)6)20-27(33(31)43-32)24-42-18-15-40-25-42/h15,18-22,25,37-39H,9-14,16-17,23-24H2,1-8H3. The van der Waals surface area contributed by atoms with Crippen molar-refractivity contribution >= 4 is 0 Å². The first kappa shape index (κ1) is 31.7. The van der Waals surface area contributed by atoms with Gasteiger partial charge in [-0.3, -0.25) is 4.90 Å². The van der Waals surface area contributed by atoms with Gasteiger partial charge in [-0.2, -0.15) is 0 Å². The summed E-state index contributed by atoms with van der Waals surface area (Å²) < 4.78 is 9.28. The van der Waals surface area contributed by atoms with Crippen LogP contribution in [0.5, 0.6) is 11.5 Å². The highest BCUT2D eigenvalue weighted by molar-refractivity contribution is 5.64. The molecule has 1 saturated heterocycles. The van der Waals surface area contributed by atoms with E-state index < -0.39 is 0 Å². The van der Waals surface area contributed by atoms with Crippen molar-refractivity contribution < 1.29 is 4.74 Å². The average molecular weight is 587 g/mol. The number of ether oxygens (including phenoxy) is 1. The van der Waals surface area contributed by atoms with Gasteiger partial charge in [-0.25, -0.2) is 4.98 Å². The van der Waals surface area contributed by atoms with Crippen molar-refractivity contribution in [1.82, 2.24) is 30.4 Å². The van der Waals surface area contributed by atoms with Crippen LogP contribution < -0.4 is 20.7 Å². The predicted molar refractivity (Wildman–Crippen MR) is 178 cm³/mol. The van der Waals surface area contributed by atoms with Gasteiger partial charge in [-0.15, -0.1) is 0 Å². The van der Waals surface area contributed by atoms with Crippen LogP contribution in [0, 0.1) is 0 Å². The molecule has 3 heterocycles. The number of imidazole rings is 1. The molecule has 0 unspecified atom stereocenters.